The van der Waals surface area contributed by atoms with Gasteiger partial charge in [0.05, 0.1) is 0 Å². The van der Waals surface area contributed by atoms with Crippen molar-refractivity contribution in [3.63, 3.8) is 0 Å². The first-order chi connectivity index (χ1) is 15.6. The van der Waals surface area contributed by atoms with Crippen molar-refractivity contribution in [2.45, 2.75) is 31.7 Å². The summed E-state index contributed by atoms with van der Waals surface area (Å²) in [6.45, 7) is 15.7. The van der Waals surface area contributed by atoms with Gasteiger partial charge in [-0.05, 0) is 54.2 Å². The number of allylic oxidation sites excluding steroid dienone is 6. The van der Waals surface area contributed by atoms with Crippen molar-refractivity contribution in [2.75, 3.05) is 19.6 Å². The Bertz CT molecular complexity index is 939. The number of nitrogens with zero attached hydrogens (tertiary/aromatic N) is 3. The average Bonchev–Trinajstić information content (AvgIpc) is 2.83. The predicted octanol–water partition coefficient (Wildman–Crippen LogP) is 5.41. The molecule has 1 fully saturated rings. The number of piperidine rings is 1. The normalized spacial score (nSPS) is 18.6. The Morgan fingerprint density at radius 3 is 2.53 bits per heavy atom. The van der Waals surface area contributed by atoms with E-state index in [2.05, 4.69) is 70.3 Å². The lowest BCUT2D eigenvalue weighted by Crippen LogP contribution is -2.42. The van der Waals surface area contributed by atoms with Crippen LogP contribution in [-0.4, -0.2) is 42.6 Å². The van der Waals surface area contributed by atoms with E-state index in [1.165, 1.54) is 5.56 Å². The fourth-order valence-electron chi connectivity index (χ4n) is 3.67. The van der Waals surface area contributed by atoms with Crippen LogP contribution in [0.5, 0.6) is 0 Å². The molecule has 0 aromatic heterocycles. The Hall–Kier alpha value is -3.24. The van der Waals surface area contributed by atoms with E-state index in [4.69, 9.17) is 0 Å². The van der Waals surface area contributed by atoms with Crippen molar-refractivity contribution in [1.29, 1.82) is 0 Å². The van der Waals surface area contributed by atoms with Gasteiger partial charge in [0.25, 0.3) is 0 Å². The smallest absolute Gasteiger partial charge is 0.131 e. The third-order valence-electron chi connectivity index (χ3n) is 5.68. The third-order valence-corrected chi connectivity index (χ3v) is 5.68. The highest BCUT2D eigenvalue weighted by atomic mass is 15.1. The molecule has 0 aliphatic carbocycles. The lowest BCUT2D eigenvalue weighted by molar-refractivity contribution is 0.205. The van der Waals surface area contributed by atoms with Crippen molar-refractivity contribution >= 4 is 12.1 Å². The van der Waals surface area contributed by atoms with Crippen LogP contribution < -0.4 is 5.32 Å². The fourth-order valence-corrected chi connectivity index (χ4v) is 3.67. The number of aliphatic imine (C=N–C) groups is 2. The number of hydrogen-bond donors (Lipinski definition) is 1. The second kappa shape index (κ2) is 12.6. The first kappa shape index (κ1) is 23.4. The van der Waals surface area contributed by atoms with Gasteiger partial charge in [0.1, 0.15) is 5.84 Å². The number of dihydropyridines is 1. The molecule has 0 unspecified atom stereocenters. The maximum atomic E-state index is 4.34. The van der Waals surface area contributed by atoms with Gasteiger partial charge in [0, 0.05) is 50.2 Å². The molecule has 166 valence electrons. The van der Waals surface area contributed by atoms with Crippen LogP contribution in [-0.2, 0) is 6.42 Å². The molecule has 3 rings (SSSR count). The van der Waals surface area contributed by atoms with Crippen LogP contribution >= 0.6 is 0 Å². The molecule has 4 heteroatoms. The number of benzene rings is 1. The van der Waals surface area contributed by atoms with E-state index in [1.807, 2.05) is 30.4 Å². The summed E-state index contributed by atoms with van der Waals surface area (Å²) in [4.78, 5) is 11.1. The van der Waals surface area contributed by atoms with E-state index >= 15 is 0 Å². The number of rotatable bonds is 10. The molecular formula is C28H34N4. The van der Waals surface area contributed by atoms with Gasteiger partial charge in [-0.15, -0.1) is 0 Å². The zero-order valence-electron chi connectivity index (χ0n) is 18.9. The quantitative estimate of drug-likeness (QED) is 0.508. The van der Waals surface area contributed by atoms with Gasteiger partial charge in [0.2, 0.25) is 0 Å². The molecule has 1 aromatic rings. The molecule has 0 saturated carbocycles. The Morgan fingerprint density at radius 2 is 1.81 bits per heavy atom. The summed E-state index contributed by atoms with van der Waals surface area (Å²) in [5.41, 5.74) is 3.98. The van der Waals surface area contributed by atoms with Crippen LogP contribution in [0.3, 0.4) is 0 Å². The SMILES string of the molecule is C=C(/C=C\C(=C)C(=C)/C=C\N=C1CC=CC=N1)NC1CCN(CCc2ccccc2)CC1. The summed E-state index contributed by atoms with van der Waals surface area (Å²) in [5.74, 6) is 0.793. The first-order valence-corrected chi connectivity index (χ1v) is 11.3. The highest BCUT2D eigenvalue weighted by molar-refractivity contribution is 5.96. The number of likely N-dealkylation sites (tertiary alicyclic amines) is 1. The number of amidine groups is 1. The Morgan fingerprint density at radius 1 is 1.06 bits per heavy atom. The van der Waals surface area contributed by atoms with Gasteiger partial charge < -0.3 is 10.2 Å². The van der Waals surface area contributed by atoms with Gasteiger partial charge >= 0.3 is 0 Å². The van der Waals surface area contributed by atoms with Crippen LogP contribution in [0.4, 0.5) is 0 Å². The van der Waals surface area contributed by atoms with E-state index in [9.17, 15) is 0 Å². The molecule has 0 spiro atoms. The van der Waals surface area contributed by atoms with E-state index in [0.29, 0.717) is 6.04 Å². The lowest BCUT2D eigenvalue weighted by atomic mass is 10.0. The standard InChI is InChI=1S/C28H34N4/c1-23(24(2)14-19-30-28-11-7-8-18-29-28)12-13-25(3)31-27-16-21-32(22-17-27)20-15-26-9-5-4-6-10-26/h4-10,12-14,18-19,27,31H,1-3,11,15-17,20-22H2/b13-12-,19-14-,30-28?. The van der Waals surface area contributed by atoms with Gasteiger partial charge in [0.15, 0.2) is 0 Å². The van der Waals surface area contributed by atoms with Crippen molar-refractivity contribution in [3.05, 3.63) is 109 Å². The Labute approximate surface area is 192 Å². The fraction of sp³-hybridized carbons (Fsp3) is 0.286. The monoisotopic (exact) mass is 426 g/mol. The summed E-state index contributed by atoms with van der Waals surface area (Å²) >= 11 is 0. The van der Waals surface area contributed by atoms with E-state index in [-0.39, 0.29) is 0 Å². The first-order valence-electron chi connectivity index (χ1n) is 11.3. The molecule has 1 aromatic carbocycles. The van der Waals surface area contributed by atoms with E-state index in [0.717, 1.165) is 68.0 Å². The summed E-state index contributed by atoms with van der Waals surface area (Å²) in [6, 6.07) is 11.2. The van der Waals surface area contributed by atoms with Crippen LogP contribution in [0.2, 0.25) is 0 Å². The summed E-state index contributed by atoms with van der Waals surface area (Å²) in [5, 5.41) is 3.55. The molecule has 32 heavy (non-hydrogen) atoms. The molecule has 2 aliphatic heterocycles. The second-order valence-corrected chi connectivity index (χ2v) is 8.18. The average molecular weight is 427 g/mol. The maximum absolute atomic E-state index is 4.34. The molecule has 0 atom stereocenters. The van der Waals surface area contributed by atoms with Crippen molar-refractivity contribution < 1.29 is 0 Å². The number of nitrogens with one attached hydrogen (secondary N) is 1. The topological polar surface area (TPSA) is 40.0 Å². The molecule has 1 saturated heterocycles. The molecule has 4 nitrogen and oxygen atoms in total. The summed E-state index contributed by atoms with van der Waals surface area (Å²) in [6.07, 6.45) is 17.4. The van der Waals surface area contributed by atoms with Crippen LogP contribution in [0.15, 0.2) is 113 Å². The van der Waals surface area contributed by atoms with Gasteiger partial charge in [-0.1, -0.05) is 62.2 Å². The Kier molecular flexibility index (Phi) is 9.20. The predicted molar refractivity (Wildman–Crippen MR) is 138 cm³/mol. The van der Waals surface area contributed by atoms with Crippen LogP contribution in [0, 0.1) is 0 Å². The molecule has 2 aliphatic rings. The van der Waals surface area contributed by atoms with Crippen molar-refractivity contribution in [3.8, 4) is 0 Å². The molecule has 1 N–H and O–H groups in total. The second-order valence-electron chi connectivity index (χ2n) is 8.18. The van der Waals surface area contributed by atoms with Gasteiger partial charge in [-0.3, -0.25) is 0 Å². The van der Waals surface area contributed by atoms with Crippen molar-refractivity contribution in [2.24, 2.45) is 9.98 Å². The minimum atomic E-state index is 0.470. The van der Waals surface area contributed by atoms with Crippen LogP contribution in [0.1, 0.15) is 24.8 Å². The minimum absolute atomic E-state index is 0.470. The lowest BCUT2D eigenvalue weighted by Gasteiger charge is -2.33. The zero-order chi connectivity index (χ0) is 22.6. The van der Waals surface area contributed by atoms with Gasteiger partial charge in [-0.2, -0.15) is 0 Å². The Balaban J connectivity index is 1.35. The third kappa shape index (κ3) is 8.12. The van der Waals surface area contributed by atoms with E-state index < -0.39 is 0 Å². The van der Waals surface area contributed by atoms with E-state index in [1.54, 1.807) is 12.4 Å². The van der Waals surface area contributed by atoms with Gasteiger partial charge in [-0.25, -0.2) is 9.98 Å². The van der Waals surface area contributed by atoms with Crippen molar-refractivity contribution in [1.82, 2.24) is 10.2 Å². The summed E-state index contributed by atoms with van der Waals surface area (Å²) in [7, 11) is 0. The summed E-state index contributed by atoms with van der Waals surface area (Å²) < 4.78 is 0. The largest absolute Gasteiger partial charge is 0.383 e. The molecule has 0 bridgehead atoms. The highest BCUT2D eigenvalue weighted by Gasteiger charge is 2.18. The minimum Gasteiger partial charge on any atom is -0.383 e. The zero-order valence-corrected chi connectivity index (χ0v) is 18.9. The maximum Gasteiger partial charge on any atom is 0.131 e. The number of hydrogen-bond acceptors (Lipinski definition) is 3. The molecular weight excluding hydrogens is 392 g/mol. The molecule has 2 heterocycles. The molecule has 0 amide bonds. The molecule has 0 radical (unpaired) electrons. The van der Waals surface area contributed by atoms with Crippen LogP contribution in [0.25, 0.3) is 0 Å². The highest BCUT2D eigenvalue weighted by Crippen LogP contribution is 2.14.